The van der Waals surface area contributed by atoms with Gasteiger partial charge in [0.15, 0.2) is 0 Å². The molecular formula is C21H22N2O5S. The second-order valence-electron chi connectivity index (χ2n) is 6.81. The van der Waals surface area contributed by atoms with Gasteiger partial charge < -0.3 is 10.1 Å². The highest BCUT2D eigenvalue weighted by molar-refractivity contribution is 7.16. The predicted octanol–water partition coefficient (Wildman–Crippen LogP) is 3.80. The van der Waals surface area contributed by atoms with E-state index < -0.39 is 11.9 Å². The van der Waals surface area contributed by atoms with Crippen LogP contribution in [-0.4, -0.2) is 42.2 Å². The summed E-state index contributed by atoms with van der Waals surface area (Å²) >= 11 is 1.28. The number of rotatable bonds is 6. The third-order valence-electron chi connectivity index (χ3n) is 4.97. The van der Waals surface area contributed by atoms with Gasteiger partial charge in [0.1, 0.15) is 5.00 Å². The monoisotopic (exact) mass is 414 g/mol. The molecule has 3 rings (SSSR count). The molecule has 8 heteroatoms. The van der Waals surface area contributed by atoms with E-state index in [4.69, 9.17) is 4.74 Å². The Bertz CT molecular complexity index is 1020. The fraction of sp³-hybridized carbons (Fsp3) is 0.333. The molecule has 0 bridgehead atoms. The van der Waals surface area contributed by atoms with Crippen LogP contribution >= 0.6 is 11.3 Å². The lowest BCUT2D eigenvalue weighted by Gasteiger charge is -2.12. The van der Waals surface area contributed by atoms with Gasteiger partial charge in [-0.05, 0) is 44.0 Å². The van der Waals surface area contributed by atoms with E-state index in [-0.39, 0.29) is 22.9 Å². The number of nitrogens with one attached hydrogen (secondary N) is 1. The first-order chi connectivity index (χ1) is 13.8. The molecule has 0 saturated carbocycles. The number of thiophene rings is 1. The summed E-state index contributed by atoms with van der Waals surface area (Å²) in [6.07, 6.45) is 1.59. The van der Waals surface area contributed by atoms with Gasteiger partial charge in [-0.15, -0.1) is 11.3 Å². The molecule has 1 aliphatic rings. The maximum absolute atomic E-state index is 12.8. The lowest BCUT2D eigenvalue weighted by Crippen LogP contribution is -2.30. The van der Waals surface area contributed by atoms with E-state index in [1.807, 2.05) is 13.8 Å². The topological polar surface area (TPSA) is 92.8 Å². The number of ether oxygens (including phenoxy) is 1. The summed E-state index contributed by atoms with van der Waals surface area (Å²) in [5.41, 5.74) is 1.84. The van der Waals surface area contributed by atoms with Crippen LogP contribution in [0.5, 0.6) is 0 Å². The first kappa shape index (κ1) is 20.7. The number of benzene rings is 1. The molecule has 0 unspecified atom stereocenters. The highest BCUT2D eigenvalue weighted by Gasteiger charge is 2.35. The van der Waals surface area contributed by atoms with Crippen molar-refractivity contribution in [3.8, 4) is 0 Å². The van der Waals surface area contributed by atoms with Crippen molar-refractivity contribution in [1.29, 1.82) is 0 Å². The molecule has 1 aromatic carbocycles. The molecule has 1 aromatic heterocycles. The molecule has 0 fully saturated rings. The number of carbonyl (C=O) groups excluding carboxylic acids is 4. The van der Waals surface area contributed by atoms with Crippen molar-refractivity contribution in [3.63, 3.8) is 0 Å². The highest BCUT2D eigenvalue weighted by Crippen LogP contribution is 2.33. The van der Waals surface area contributed by atoms with Crippen LogP contribution in [0, 0.1) is 13.8 Å². The molecule has 0 aliphatic carbocycles. The average molecular weight is 414 g/mol. The van der Waals surface area contributed by atoms with E-state index in [0.29, 0.717) is 22.7 Å². The Balaban J connectivity index is 1.88. The number of hydrogen-bond donors (Lipinski definition) is 1. The molecule has 1 N–H and O–H groups in total. The van der Waals surface area contributed by atoms with E-state index in [9.17, 15) is 19.2 Å². The maximum atomic E-state index is 12.8. The number of nitrogens with zero attached hydrogens (tertiary/aromatic N) is 1. The van der Waals surface area contributed by atoms with Gasteiger partial charge in [0, 0.05) is 17.0 Å². The second kappa shape index (κ2) is 8.16. The quantitative estimate of drug-likeness (QED) is 0.573. The Hall–Kier alpha value is -3.00. The number of carbonyl (C=O) groups is 4. The lowest BCUT2D eigenvalue weighted by atomic mass is 10.1. The SMILES string of the molecule is CCCCN1C(=O)c2ccc(C(=O)Nc3sc(C)c(C)c3C(=O)OC)cc2C1=O. The van der Waals surface area contributed by atoms with Crippen LogP contribution in [0.25, 0.3) is 0 Å². The minimum Gasteiger partial charge on any atom is -0.465 e. The third kappa shape index (κ3) is 3.67. The summed E-state index contributed by atoms with van der Waals surface area (Å²) in [6.45, 7) is 5.99. The number of amides is 3. The van der Waals surface area contributed by atoms with Crippen molar-refractivity contribution in [2.75, 3.05) is 19.0 Å². The van der Waals surface area contributed by atoms with Gasteiger partial charge in [-0.1, -0.05) is 13.3 Å². The van der Waals surface area contributed by atoms with Crippen molar-refractivity contribution in [1.82, 2.24) is 4.90 Å². The Morgan fingerprint density at radius 1 is 1.14 bits per heavy atom. The van der Waals surface area contributed by atoms with Crippen LogP contribution in [0.1, 0.15) is 71.6 Å². The molecular weight excluding hydrogens is 392 g/mol. The van der Waals surface area contributed by atoms with Gasteiger partial charge >= 0.3 is 5.97 Å². The first-order valence-electron chi connectivity index (χ1n) is 9.30. The predicted molar refractivity (Wildman–Crippen MR) is 110 cm³/mol. The number of unbranched alkanes of at least 4 members (excludes halogenated alkanes) is 1. The molecule has 2 aromatic rings. The lowest BCUT2D eigenvalue weighted by molar-refractivity contribution is 0.0599. The minimum atomic E-state index is -0.525. The maximum Gasteiger partial charge on any atom is 0.341 e. The van der Waals surface area contributed by atoms with E-state index in [1.54, 1.807) is 6.92 Å². The number of aryl methyl sites for hydroxylation is 1. The van der Waals surface area contributed by atoms with Gasteiger partial charge in [0.05, 0.1) is 23.8 Å². The van der Waals surface area contributed by atoms with Gasteiger partial charge in [0.25, 0.3) is 17.7 Å². The standard InChI is InChI=1S/C21H22N2O5S/c1-5-6-9-23-19(25)14-8-7-13(10-15(14)20(23)26)17(24)22-18-16(21(27)28-4)11(2)12(3)29-18/h7-8,10H,5-6,9H2,1-4H3,(H,22,24). The molecule has 0 saturated heterocycles. The number of imide groups is 1. The summed E-state index contributed by atoms with van der Waals surface area (Å²) in [5.74, 6) is -1.70. The van der Waals surface area contributed by atoms with Gasteiger partial charge in [-0.2, -0.15) is 0 Å². The molecule has 0 radical (unpaired) electrons. The Kier molecular flexibility index (Phi) is 5.83. The summed E-state index contributed by atoms with van der Waals surface area (Å²) in [4.78, 5) is 52.0. The van der Waals surface area contributed by atoms with E-state index in [1.165, 1.54) is 41.5 Å². The largest absolute Gasteiger partial charge is 0.465 e. The Morgan fingerprint density at radius 3 is 2.48 bits per heavy atom. The zero-order chi connectivity index (χ0) is 21.3. The number of hydrogen-bond acceptors (Lipinski definition) is 6. The summed E-state index contributed by atoms with van der Waals surface area (Å²) in [5, 5.41) is 3.13. The average Bonchev–Trinajstić information content (AvgIpc) is 3.12. The van der Waals surface area contributed by atoms with Crippen molar-refractivity contribution in [2.24, 2.45) is 0 Å². The van der Waals surface area contributed by atoms with Crippen LogP contribution in [0.15, 0.2) is 18.2 Å². The number of fused-ring (bicyclic) bond motifs is 1. The number of esters is 1. The smallest absolute Gasteiger partial charge is 0.341 e. The van der Waals surface area contributed by atoms with E-state index in [2.05, 4.69) is 5.32 Å². The Labute approximate surface area is 172 Å². The first-order valence-corrected chi connectivity index (χ1v) is 10.1. The fourth-order valence-corrected chi connectivity index (χ4v) is 4.23. The van der Waals surface area contributed by atoms with Crippen LogP contribution in [0.2, 0.25) is 0 Å². The second-order valence-corrected chi connectivity index (χ2v) is 8.03. The van der Waals surface area contributed by atoms with Crippen molar-refractivity contribution in [3.05, 3.63) is 50.9 Å². The van der Waals surface area contributed by atoms with Gasteiger partial charge in [0.2, 0.25) is 0 Å². The highest BCUT2D eigenvalue weighted by atomic mass is 32.1. The molecule has 2 heterocycles. The molecule has 3 amide bonds. The number of anilines is 1. The molecule has 0 spiro atoms. The van der Waals surface area contributed by atoms with Crippen LogP contribution in [0.4, 0.5) is 5.00 Å². The zero-order valence-corrected chi connectivity index (χ0v) is 17.6. The third-order valence-corrected chi connectivity index (χ3v) is 6.09. The van der Waals surface area contributed by atoms with Crippen LogP contribution in [0.3, 0.4) is 0 Å². The van der Waals surface area contributed by atoms with Crippen molar-refractivity contribution < 1.29 is 23.9 Å². The summed E-state index contributed by atoms with van der Waals surface area (Å²) in [7, 11) is 1.29. The zero-order valence-electron chi connectivity index (χ0n) is 16.8. The van der Waals surface area contributed by atoms with Gasteiger partial charge in [-0.25, -0.2) is 4.79 Å². The fourth-order valence-electron chi connectivity index (χ4n) is 3.19. The summed E-state index contributed by atoms with van der Waals surface area (Å²) in [6, 6.07) is 4.44. The van der Waals surface area contributed by atoms with E-state index in [0.717, 1.165) is 23.3 Å². The van der Waals surface area contributed by atoms with Crippen LogP contribution in [-0.2, 0) is 4.74 Å². The van der Waals surface area contributed by atoms with Crippen molar-refractivity contribution >= 4 is 40.0 Å². The number of methoxy groups -OCH3 is 1. The molecule has 7 nitrogen and oxygen atoms in total. The molecule has 0 atom stereocenters. The van der Waals surface area contributed by atoms with Crippen molar-refractivity contribution in [2.45, 2.75) is 33.6 Å². The minimum absolute atomic E-state index is 0.227. The molecule has 152 valence electrons. The van der Waals surface area contributed by atoms with Gasteiger partial charge in [-0.3, -0.25) is 19.3 Å². The van der Waals surface area contributed by atoms with E-state index >= 15 is 0 Å². The molecule has 29 heavy (non-hydrogen) atoms. The van der Waals surface area contributed by atoms with Crippen LogP contribution < -0.4 is 5.32 Å². The summed E-state index contributed by atoms with van der Waals surface area (Å²) < 4.78 is 4.82. The Morgan fingerprint density at radius 2 is 1.83 bits per heavy atom. The molecule has 1 aliphatic heterocycles. The normalized spacial score (nSPS) is 12.9.